The predicted molar refractivity (Wildman–Crippen MR) is 166 cm³/mol. The number of aromatic nitrogens is 10. The molecule has 2 saturated carbocycles. The van der Waals surface area contributed by atoms with Crippen molar-refractivity contribution < 1.29 is 22.7 Å². The summed E-state index contributed by atoms with van der Waals surface area (Å²) in [6.07, 6.45) is 8.12. The first-order chi connectivity index (χ1) is 22.8. The van der Waals surface area contributed by atoms with Gasteiger partial charge in [-0.3, -0.25) is 14.9 Å². The zero-order valence-corrected chi connectivity index (χ0v) is 26.8. The number of alkyl halides is 2. The number of hydrogen-bond donors (Lipinski definition) is 3. The van der Waals surface area contributed by atoms with E-state index >= 15 is 0 Å². The van der Waals surface area contributed by atoms with E-state index in [0.29, 0.717) is 65.7 Å². The number of nitrogens with zero attached hydrogens (tertiary/aromatic N) is 9. The number of hydrogen-bond acceptors (Lipinski definition) is 10. The van der Waals surface area contributed by atoms with Gasteiger partial charge in [-0.15, -0.1) is 0 Å². The van der Waals surface area contributed by atoms with E-state index in [9.17, 15) is 18.0 Å². The van der Waals surface area contributed by atoms with Crippen LogP contribution in [0.3, 0.4) is 0 Å². The summed E-state index contributed by atoms with van der Waals surface area (Å²) in [4.78, 5) is 32.3. The van der Waals surface area contributed by atoms with Crippen molar-refractivity contribution in [1.82, 2.24) is 55.0 Å². The number of fused-ring (bicyclic) bond motifs is 1. The summed E-state index contributed by atoms with van der Waals surface area (Å²) in [5, 5.41) is 22.4. The average Bonchev–Trinajstić information content (AvgIpc) is 3.79. The molecule has 0 aromatic carbocycles. The molecule has 2 aliphatic carbocycles. The zero-order valence-electron chi connectivity index (χ0n) is 26.8. The number of amides is 1. The van der Waals surface area contributed by atoms with Crippen molar-refractivity contribution in [3.05, 3.63) is 60.1 Å². The minimum atomic E-state index is -2.72. The van der Waals surface area contributed by atoms with E-state index in [1.54, 1.807) is 10.9 Å². The smallest absolute Gasteiger partial charge is 0.252 e. The Bertz CT molecular complexity index is 1950. The number of aromatic amines is 1. The van der Waals surface area contributed by atoms with Gasteiger partial charge >= 0.3 is 0 Å². The van der Waals surface area contributed by atoms with E-state index in [2.05, 4.69) is 41.0 Å². The van der Waals surface area contributed by atoms with E-state index in [1.807, 2.05) is 26.8 Å². The average molecular weight is 665 g/mol. The number of halogens is 3. The zero-order chi connectivity index (χ0) is 33.8. The highest BCUT2D eigenvalue weighted by Crippen LogP contribution is 2.47. The van der Waals surface area contributed by atoms with Crippen molar-refractivity contribution in [1.29, 1.82) is 0 Å². The van der Waals surface area contributed by atoms with Crippen LogP contribution >= 0.6 is 0 Å². The Kier molecular flexibility index (Phi) is 7.68. The van der Waals surface area contributed by atoms with Crippen LogP contribution in [0.5, 0.6) is 0 Å². The molecule has 0 aliphatic heterocycles. The fourth-order valence-electron chi connectivity index (χ4n) is 6.41. The minimum absolute atomic E-state index is 0.128. The van der Waals surface area contributed by atoms with Crippen LogP contribution in [0, 0.1) is 12.7 Å². The highest BCUT2D eigenvalue weighted by Gasteiger charge is 2.48. The first-order valence-corrected chi connectivity index (χ1v) is 15.7. The number of nitrogens with one attached hydrogen (secondary N) is 3. The van der Waals surface area contributed by atoms with Crippen LogP contribution in [0.1, 0.15) is 81.5 Å². The molecule has 48 heavy (non-hydrogen) atoms. The Morgan fingerprint density at radius 3 is 2.46 bits per heavy atom. The first-order valence-electron chi connectivity index (χ1n) is 15.7. The number of methoxy groups -OCH3 is 1. The maximum Gasteiger partial charge on any atom is 0.252 e. The lowest BCUT2D eigenvalue weighted by Crippen LogP contribution is -2.55. The van der Waals surface area contributed by atoms with Crippen LogP contribution in [0.15, 0.2) is 37.1 Å². The van der Waals surface area contributed by atoms with Crippen molar-refractivity contribution in [2.24, 2.45) is 0 Å². The number of anilines is 2. The third-order valence-electron chi connectivity index (χ3n) is 9.29. The maximum atomic E-state index is 13.8. The van der Waals surface area contributed by atoms with Gasteiger partial charge in [-0.05, 0) is 46.5 Å². The number of rotatable bonds is 9. The van der Waals surface area contributed by atoms with Gasteiger partial charge in [-0.25, -0.2) is 37.5 Å². The third kappa shape index (κ3) is 5.86. The van der Waals surface area contributed by atoms with E-state index in [-0.39, 0.29) is 24.7 Å². The summed E-state index contributed by atoms with van der Waals surface area (Å²) < 4.78 is 49.7. The van der Waals surface area contributed by atoms with Crippen LogP contribution in [0.2, 0.25) is 0 Å². The largest absolute Gasteiger partial charge is 0.368 e. The second-order valence-corrected chi connectivity index (χ2v) is 13.2. The molecular weight excluding hydrogens is 629 g/mol. The topological polar surface area (TPSA) is 166 Å². The van der Waals surface area contributed by atoms with Crippen LogP contribution in [-0.2, 0) is 15.1 Å². The summed E-state index contributed by atoms with van der Waals surface area (Å²) in [5.74, 6) is -1.73. The molecule has 14 nitrogen and oxygen atoms in total. The van der Waals surface area contributed by atoms with E-state index in [0.717, 1.165) is 11.9 Å². The second kappa shape index (κ2) is 11.6. The summed E-state index contributed by atoms with van der Waals surface area (Å²) in [5.41, 5.74) is -0.179. The molecule has 1 amide bonds. The molecule has 2 fully saturated rings. The molecule has 0 bridgehead atoms. The van der Waals surface area contributed by atoms with Crippen molar-refractivity contribution in [2.75, 3.05) is 12.4 Å². The van der Waals surface area contributed by atoms with Gasteiger partial charge < -0.3 is 15.4 Å². The molecule has 5 aromatic rings. The van der Waals surface area contributed by atoms with Gasteiger partial charge in [0.15, 0.2) is 23.1 Å². The highest BCUT2D eigenvalue weighted by atomic mass is 19.3. The second-order valence-electron chi connectivity index (χ2n) is 13.2. The molecule has 5 heterocycles. The minimum Gasteiger partial charge on any atom is -0.368 e. The molecule has 17 heteroatoms. The lowest BCUT2D eigenvalue weighted by Gasteiger charge is -2.39. The number of carbonyl (C=O) groups excluding carboxylic acids is 1. The van der Waals surface area contributed by atoms with E-state index < -0.39 is 28.9 Å². The Morgan fingerprint density at radius 1 is 1.08 bits per heavy atom. The Labute approximate surface area is 272 Å². The van der Waals surface area contributed by atoms with Crippen molar-refractivity contribution in [3.8, 4) is 5.82 Å². The SMILES string of the molecule is CO[C@]1(C(=O)NC(C)(C)c2cnc(-n3cc(F)cn3)cn2)CC[C@H](c2nc(Nc3cc(C)[nH]n3)c3cnn(C4CC(F)(F)C4)c3n2)CC1. The van der Waals surface area contributed by atoms with Crippen LogP contribution < -0.4 is 10.6 Å². The van der Waals surface area contributed by atoms with Gasteiger partial charge in [0, 0.05) is 37.6 Å². The fourth-order valence-corrected chi connectivity index (χ4v) is 6.41. The molecular formula is C31H35F3N12O2. The van der Waals surface area contributed by atoms with Crippen molar-refractivity contribution >= 4 is 28.6 Å². The molecule has 252 valence electrons. The van der Waals surface area contributed by atoms with Gasteiger partial charge in [-0.2, -0.15) is 15.3 Å². The number of H-pyrrole nitrogens is 1. The van der Waals surface area contributed by atoms with Crippen LogP contribution in [0.4, 0.5) is 24.8 Å². The molecule has 0 atom stereocenters. The summed E-state index contributed by atoms with van der Waals surface area (Å²) in [6.45, 7) is 5.51. The van der Waals surface area contributed by atoms with Crippen LogP contribution in [-0.4, -0.2) is 74.2 Å². The molecule has 7 rings (SSSR count). The monoisotopic (exact) mass is 664 g/mol. The first kappa shape index (κ1) is 31.7. The Hall–Kier alpha value is -4.93. The number of aryl methyl sites for hydroxylation is 1. The van der Waals surface area contributed by atoms with Gasteiger partial charge in [0.1, 0.15) is 17.2 Å². The standard InChI is InChI=1S/C31H35F3N12O2/c1-17-9-23(44-43-17)39-26-21-13-38-46(20-10-31(33,34)11-20)27(21)41-25(40-26)18-5-7-30(48-4,8-6-18)28(47)42-29(2,3)22-14-36-24(15-35-22)45-16-19(32)12-37-45/h9,12-16,18,20H,5-8,10-11H2,1-4H3,(H,42,47)(H2,39,40,41,43,44)/t18-,30+. The fraction of sp³-hybridized carbons (Fsp3) is 0.484. The molecule has 5 aromatic heterocycles. The van der Waals surface area contributed by atoms with Crippen LogP contribution in [0.25, 0.3) is 16.9 Å². The lowest BCUT2D eigenvalue weighted by molar-refractivity contribution is -0.150. The number of ether oxygens (including phenoxy) is 1. The van der Waals surface area contributed by atoms with Gasteiger partial charge in [0.05, 0.1) is 53.6 Å². The molecule has 0 saturated heterocycles. The molecule has 0 spiro atoms. The van der Waals surface area contributed by atoms with Gasteiger partial charge in [-0.1, -0.05) is 0 Å². The van der Waals surface area contributed by atoms with E-state index in [1.165, 1.54) is 30.4 Å². The van der Waals surface area contributed by atoms with Gasteiger partial charge in [0.2, 0.25) is 0 Å². The van der Waals surface area contributed by atoms with Gasteiger partial charge in [0.25, 0.3) is 11.8 Å². The molecule has 0 radical (unpaired) electrons. The molecule has 0 unspecified atom stereocenters. The normalized spacial score (nSPS) is 21.3. The lowest BCUT2D eigenvalue weighted by atomic mass is 9.77. The predicted octanol–water partition coefficient (Wildman–Crippen LogP) is 4.78. The molecule has 3 N–H and O–H groups in total. The maximum absolute atomic E-state index is 13.8. The van der Waals surface area contributed by atoms with Crippen molar-refractivity contribution in [2.45, 2.75) is 88.3 Å². The van der Waals surface area contributed by atoms with Crippen molar-refractivity contribution in [3.63, 3.8) is 0 Å². The number of carbonyl (C=O) groups is 1. The summed E-state index contributed by atoms with van der Waals surface area (Å²) in [7, 11) is 1.52. The summed E-state index contributed by atoms with van der Waals surface area (Å²) in [6, 6.07) is 1.37. The molecule has 2 aliphatic rings. The summed E-state index contributed by atoms with van der Waals surface area (Å²) >= 11 is 0. The quantitative estimate of drug-likeness (QED) is 0.200. The van der Waals surface area contributed by atoms with E-state index in [4.69, 9.17) is 14.7 Å². The highest BCUT2D eigenvalue weighted by molar-refractivity contribution is 5.88. The Morgan fingerprint density at radius 2 is 1.85 bits per heavy atom. The Balaban J connectivity index is 1.09. The third-order valence-corrected chi connectivity index (χ3v) is 9.29.